The predicted molar refractivity (Wildman–Crippen MR) is 147 cm³/mol. The van der Waals surface area contributed by atoms with E-state index in [9.17, 15) is 22.4 Å². The lowest BCUT2D eigenvalue weighted by Gasteiger charge is -2.29. The highest BCUT2D eigenvalue weighted by Crippen LogP contribution is 2.16. The molecular formula is C29H34FN3O5S. The van der Waals surface area contributed by atoms with E-state index < -0.39 is 16.1 Å². The normalized spacial score (nSPS) is 12.0. The average molecular weight is 556 g/mol. The largest absolute Gasteiger partial charge is 0.497 e. The number of sulfonamides is 1. The highest BCUT2D eigenvalue weighted by Gasteiger charge is 2.26. The molecule has 2 N–H and O–H groups in total. The van der Waals surface area contributed by atoms with E-state index in [1.807, 2.05) is 12.1 Å². The van der Waals surface area contributed by atoms with Crippen LogP contribution in [0.5, 0.6) is 5.75 Å². The van der Waals surface area contributed by atoms with Crippen molar-refractivity contribution in [2.24, 2.45) is 0 Å². The summed E-state index contributed by atoms with van der Waals surface area (Å²) < 4.78 is 45.4. The first-order valence-corrected chi connectivity index (χ1v) is 14.1. The summed E-state index contributed by atoms with van der Waals surface area (Å²) in [6, 6.07) is 18.7. The lowest BCUT2D eigenvalue weighted by Crippen LogP contribution is -2.47. The van der Waals surface area contributed by atoms with Gasteiger partial charge >= 0.3 is 0 Å². The summed E-state index contributed by atoms with van der Waals surface area (Å²) in [6.07, 6.45) is 0.469. The highest BCUT2D eigenvalue weighted by molar-refractivity contribution is 7.89. The fourth-order valence-electron chi connectivity index (χ4n) is 3.95. The number of halogens is 1. The Morgan fingerprint density at radius 1 is 0.923 bits per heavy atom. The molecule has 0 spiro atoms. The fourth-order valence-corrected chi connectivity index (χ4v) is 4.99. The van der Waals surface area contributed by atoms with Gasteiger partial charge in [0.25, 0.3) is 0 Å². The second-order valence-electron chi connectivity index (χ2n) is 9.04. The number of carbonyl (C=O) groups is 2. The summed E-state index contributed by atoms with van der Waals surface area (Å²) in [5.41, 5.74) is 2.36. The third-order valence-corrected chi connectivity index (χ3v) is 7.82. The Morgan fingerprint density at radius 3 is 2.10 bits per heavy atom. The zero-order chi connectivity index (χ0) is 28.4. The Hall–Kier alpha value is -3.76. The Morgan fingerprint density at radius 2 is 1.51 bits per heavy atom. The maximum Gasteiger partial charge on any atom is 0.242 e. The number of rotatable bonds is 13. The van der Waals surface area contributed by atoms with Gasteiger partial charge in [-0.2, -0.15) is 0 Å². The van der Waals surface area contributed by atoms with E-state index in [0.29, 0.717) is 17.7 Å². The van der Waals surface area contributed by atoms with Crippen LogP contribution in [0.2, 0.25) is 0 Å². The Labute approximate surface area is 229 Å². The molecule has 0 heterocycles. The summed E-state index contributed by atoms with van der Waals surface area (Å²) in [7, 11) is -1.98. The number of methoxy groups -OCH3 is 1. The monoisotopic (exact) mass is 555 g/mol. The molecule has 0 saturated heterocycles. The van der Waals surface area contributed by atoms with Crippen LogP contribution in [0.25, 0.3) is 0 Å². The predicted octanol–water partition coefficient (Wildman–Crippen LogP) is 3.80. The number of hydrogen-bond acceptors (Lipinski definition) is 5. The molecule has 0 aliphatic heterocycles. The van der Waals surface area contributed by atoms with Crippen LogP contribution in [0.15, 0.2) is 77.7 Å². The van der Waals surface area contributed by atoms with Crippen molar-refractivity contribution in [1.82, 2.24) is 14.9 Å². The van der Waals surface area contributed by atoms with Gasteiger partial charge in [-0.05, 0) is 66.4 Å². The first-order chi connectivity index (χ1) is 18.6. The number of benzene rings is 3. The summed E-state index contributed by atoms with van der Waals surface area (Å²) in [4.78, 5) is 28.0. The lowest BCUT2D eigenvalue weighted by molar-refractivity contribution is -0.140. The minimum atomic E-state index is -3.56. The summed E-state index contributed by atoms with van der Waals surface area (Å²) in [5, 5.41) is 2.87. The van der Waals surface area contributed by atoms with E-state index in [-0.39, 0.29) is 48.6 Å². The van der Waals surface area contributed by atoms with Crippen molar-refractivity contribution in [3.63, 3.8) is 0 Å². The van der Waals surface area contributed by atoms with E-state index in [4.69, 9.17) is 4.74 Å². The van der Waals surface area contributed by atoms with Gasteiger partial charge in [0.2, 0.25) is 21.8 Å². The minimum absolute atomic E-state index is 0.108. The molecule has 10 heteroatoms. The average Bonchev–Trinajstić information content (AvgIpc) is 2.94. The van der Waals surface area contributed by atoms with E-state index >= 15 is 0 Å². The van der Waals surface area contributed by atoms with Crippen LogP contribution in [0.3, 0.4) is 0 Å². The molecule has 1 unspecified atom stereocenters. The molecule has 3 aromatic carbocycles. The topological polar surface area (TPSA) is 105 Å². The van der Waals surface area contributed by atoms with Crippen molar-refractivity contribution in [3.05, 3.63) is 95.3 Å². The Bertz CT molecular complexity index is 1350. The Kier molecular flexibility index (Phi) is 10.6. The SMILES string of the molecule is CCNS(=O)(=O)c1ccc(CCC(=O)N(Cc2ccc(F)cc2)C(C)C(=O)NCc2ccc(OC)cc2)cc1. The molecule has 1 atom stereocenters. The summed E-state index contributed by atoms with van der Waals surface area (Å²) in [5.74, 6) is -0.250. The van der Waals surface area contributed by atoms with Gasteiger partial charge in [-0.1, -0.05) is 43.3 Å². The number of carbonyl (C=O) groups excluding carboxylic acids is 2. The van der Waals surface area contributed by atoms with Crippen LogP contribution in [-0.2, 0) is 39.1 Å². The van der Waals surface area contributed by atoms with Crippen molar-refractivity contribution in [2.75, 3.05) is 13.7 Å². The number of hydrogen-bond donors (Lipinski definition) is 2. The molecule has 3 rings (SSSR count). The molecule has 0 radical (unpaired) electrons. The van der Waals surface area contributed by atoms with Crippen molar-refractivity contribution < 1.29 is 27.1 Å². The van der Waals surface area contributed by atoms with Gasteiger partial charge in [0.15, 0.2) is 0 Å². The second kappa shape index (κ2) is 13.9. The van der Waals surface area contributed by atoms with Gasteiger partial charge in [0.1, 0.15) is 17.6 Å². The highest BCUT2D eigenvalue weighted by atomic mass is 32.2. The smallest absolute Gasteiger partial charge is 0.242 e. The van der Waals surface area contributed by atoms with Crippen LogP contribution in [-0.4, -0.2) is 44.8 Å². The number of aryl methyl sites for hydroxylation is 1. The van der Waals surface area contributed by atoms with Crippen LogP contribution < -0.4 is 14.8 Å². The number of ether oxygens (including phenoxy) is 1. The molecule has 0 aliphatic carbocycles. The van der Waals surface area contributed by atoms with E-state index in [1.165, 1.54) is 29.2 Å². The number of amides is 2. The third kappa shape index (κ3) is 8.62. The Balaban J connectivity index is 1.69. The van der Waals surface area contributed by atoms with Crippen LogP contribution in [0.4, 0.5) is 4.39 Å². The van der Waals surface area contributed by atoms with Crippen LogP contribution in [0.1, 0.15) is 37.0 Å². The zero-order valence-electron chi connectivity index (χ0n) is 22.3. The molecule has 39 heavy (non-hydrogen) atoms. The standard InChI is InChI=1S/C29H34FN3O5S/c1-4-32-39(36,37)27-16-9-22(10-17-27)11-18-28(34)33(20-24-5-12-25(30)13-6-24)21(2)29(35)31-19-23-7-14-26(38-3)15-8-23/h5-10,12-17,21,32H,4,11,18-20H2,1-3H3,(H,31,35). The van der Waals surface area contributed by atoms with E-state index in [1.54, 1.807) is 57.4 Å². The van der Waals surface area contributed by atoms with Crippen molar-refractivity contribution in [1.29, 1.82) is 0 Å². The van der Waals surface area contributed by atoms with Gasteiger partial charge in [0, 0.05) is 26.1 Å². The molecule has 208 valence electrons. The summed E-state index contributed by atoms with van der Waals surface area (Å²) in [6.45, 7) is 4.07. The molecule has 0 fully saturated rings. The molecule has 8 nitrogen and oxygen atoms in total. The first kappa shape index (κ1) is 29.8. The quantitative estimate of drug-likeness (QED) is 0.334. The molecule has 0 aliphatic rings. The number of nitrogens with one attached hydrogen (secondary N) is 2. The first-order valence-electron chi connectivity index (χ1n) is 12.7. The molecule has 0 bridgehead atoms. The molecule has 3 aromatic rings. The molecular weight excluding hydrogens is 521 g/mol. The van der Waals surface area contributed by atoms with Crippen molar-refractivity contribution in [2.45, 2.75) is 50.7 Å². The van der Waals surface area contributed by atoms with E-state index in [2.05, 4.69) is 10.0 Å². The minimum Gasteiger partial charge on any atom is -0.497 e. The van der Waals surface area contributed by atoms with Gasteiger partial charge < -0.3 is 15.0 Å². The lowest BCUT2D eigenvalue weighted by atomic mass is 10.1. The molecule has 0 saturated carbocycles. The maximum atomic E-state index is 13.4. The fraction of sp³-hybridized carbons (Fsp3) is 0.310. The third-order valence-electron chi connectivity index (χ3n) is 6.25. The van der Waals surface area contributed by atoms with Crippen LogP contribution in [0, 0.1) is 5.82 Å². The summed E-state index contributed by atoms with van der Waals surface area (Å²) >= 11 is 0. The van der Waals surface area contributed by atoms with Crippen LogP contribution >= 0.6 is 0 Å². The maximum absolute atomic E-state index is 13.4. The molecule has 2 amide bonds. The number of nitrogens with zero attached hydrogens (tertiary/aromatic N) is 1. The van der Waals surface area contributed by atoms with Crippen molar-refractivity contribution >= 4 is 21.8 Å². The van der Waals surface area contributed by atoms with Gasteiger partial charge in [-0.25, -0.2) is 17.5 Å². The molecule has 0 aromatic heterocycles. The second-order valence-corrected chi connectivity index (χ2v) is 10.8. The van der Waals surface area contributed by atoms with Crippen molar-refractivity contribution in [3.8, 4) is 5.75 Å². The van der Waals surface area contributed by atoms with E-state index in [0.717, 1.165) is 11.1 Å². The van der Waals surface area contributed by atoms with Gasteiger partial charge in [0.05, 0.1) is 12.0 Å². The van der Waals surface area contributed by atoms with Gasteiger partial charge in [-0.15, -0.1) is 0 Å². The zero-order valence-corrected chi connectivity index (χ0v) is 23.1. The van der Waals surface area contributed by atoms with Gasteiger partial charge in [-0.3, -0.25) is 9.59 Å².